The quantitative estimate of drug-likeness (QED) is 0.539. The average Bonchev–Trinajstić information content (AvgIpc) is 2.20. The molecule has 2 atom stereocenters. The van der Waals surface area contributed by atoms with E-state index in [1.807, 2.05) is 6.08 Å². The highest BCUT2D eigenvalue weighted by Crippen LogP contribution is 2.16. The van der Waals surface area contributed by atoms with E-state index in [0.717, 1.165) is 0 Å². The summed E-state index contributed by atoms with van der Waals surface area (Å²) in [5, 5.41) is 0. The number of nitrogens with zero attached hydrogens (tertiary/aromatic N) is 1. The van der Waals surface area contributed by atoms with Crippen LogP contribution in [0.25, 0.3) is 0 Å². The lowest BCUT2D eigenvalue weighted by molar-refractivity contribution is 0.145. The summed E-state index contributed by atoms with van der Waals surface area (Å²) >= 11 is 0. The van der Waals surface area contributed by atoms with E-state index in [1.54, 1.807) is 0 Å². The first-order valence-corrected chi connectivity index (χ1v) is 6.34. The van der Waals surface area contributed by atoms with Crippen molar-refractivity contribution in [1.82, 2.24) is 4.90 Å². The summed E-state index contributed by atoms with van der Waals surface area (Å²) in [6.45, 7) is 8.51. The van der Waals surface area contributed by atoms with Gasteiger partial charge in [0.2, 0.25) is 0 Å². The predicted molar refractivity (Wildman–Crippen MR) is 66.9 cm³/mol. The van der Waals surface area contributed by atoms with Crippen LogP contribution in [-0.2, 0) is 0 Å². The van der Waals surface area contributed by atoms with Crippen molar-refractivity contribution in [3.63, 3.8) is 0 Å². The summed E-state index contributed by atoms with van der Waals surface area (Å²) in [7, 11) is 0. The van der Waals surface area contributed by atoms with E-state index in [0.29, 0.717) is 12.1 Å². The van der Waals surface area contributed by atoms with Gasteiger partial charge in [-0.15, -0.1) is 6.58 Å². The van der Waals surface area contributed by atoms with E-state index in [9.17, 15) is 0 Å². The van der Waals surface area contributed by atoms with Crippen LogP contribution in [0.3, 0.4) is 0 Å². The third kappa shape index (κ3) is 4.80. The summed E-state index contributed by atoms with van der Waals surface area (Å²) in [6.07, 6.45) is 9.49. The Balaban J connectivity index is 2.07. The van der Waals surface area contributed by atoms with Crippen LogP contribution in [0, 0.1) is 0 Å². The maximum absolute atomic E-state index is 5.94. The van der Waals surface area contributed by atoms with E-state index < -0.39 is 0 Å². The van der Waals surface area contributed by atoms with E-state index in [2.05, 4.69) is 18.4 Å². The normalized spacial score (nSPS) is 27.9. The summed E-state index contributed by atoms with van der Waals surface area (Å²) in [4.78, 5) is 2.59. The van der Waals surface area contributed by atoms with Crippen molar-refractivity contribution in [3.8, 4) is 0 Å². The summed E-state index contributed by atoms with van der Waals surface area (Å²) in [5.41, 5.74) is 5.94. The standard InChI is InChI=1S/C13H26N2/c1-3-4-5-6-7-9-15-10-8-13(14)11-12(15)2/h3,12-13H,1,4-11,14H2,2H3. The van der Waals surface area contributed by atoms with Crippen LogP contribution in [0.15, 0.2) is 12.7 Å². The first kappa shape index (κ1) is 12.7. The molecule has 2 unspecified atom stereocenters. The Morgan fingerprint density at radius 1 is 1.40 bits per heavy atom. The minimum atomic E-state index is 0.442. The second kappa shape index (κ2) is 7.02. The Kier molecular flexibility index (Phi) is 5.96. The number of hydrogen-bond donors (Lipinski definition) is 1. The molecule has 1 heterocycles. The number of likely N-dealkylation sites (tertiary alicyclic amines) is 1. The van der Waals surface area contributed by atoms with E-state index in [-0.39, 0.29) is 0 Å². The zero-order chi connectivity index (χ0) is 11.1. The van der Waals surface area contributed by atoms with Crippen molar-refractivity contribution < 1.29 is 0 Å². The third-order valence-electron chi connectivity index (χ3n) is 3.41. The van der Waals surface area contributed by atoms with Gasteiger partial charge in [0, 0.05) is 12.1 Å². The summed E-state index contributed by atoms with van der Waals surface area (Å²) < 4.78 is 0. The van der Waals surface area contributed by atoms with Gasteiger partial charge in [-0.3, -0.25) is 0 Å². The van der Waals surface area contributed by atoms with E-state index in [4.69, 9.17) is 5.73 Å². The summed E-state index contributed by atoms with van der Waals surface area (Å²) in [6, 6.07) is 1.13. The lowest BCUT2D eigenvalue weighted by Gasteiger charge is -2.36. The Bertz CT molecular complexity index is 179. The van der Waals surface area contributed by atoms with Gasteiger partial charge in [0.05, 0.1) is 0 Å². The van der Waals surface area contributed by atoms with E-state index in [1.165, 1.54) is 51.6 Å². The minimum Gasteiger partial charge on any atom is -0.328 e. The predicted octanol–water partition coefficient (Wildman–Crippen LogP) is 2.54. The van der Waals surface area contributed by atoms with Gasteiger partial charge in [-0.2, -0.15) is 0 Å². The molecule has 0 aliphatic carbocycles. The van der Waals surface area contributed by atoms with Gasteiger partial charge in [0.1, 0.15) is 0 Å². The number of rotatable bonds is 6. The van der Waals surface area contributed by atoms with Crippen molar-refractivity contribution in [2.75, 3.05) is 13.1 Å². The maximum atomic E-state index is 5.94. The molecule has 0 radical (unpaired) electrons. The lowest BCUT2D eigenvalue weighted by Crippen LogP contribution is -2.45. The SMILES string of the molecule is C=CCCCCCN1CCC(N)CC1C. The van der Waals surface area contributed by atoms with Gasteiger partial charge in [0.25, 0.3) is 0 Å². The Morgan fingerprint density at radius 3 is 2.87 bits per heavy atom. The fourth-order valence-electron chi connectivity index (χ4n) is 2.37. The number of piperidine rings is 1. The van der Waals surface area contributed by atoms with Crippen molar-refractivity contribution in [3.05, 3.63) is 12.7 Å². The molecule has 1 aliphatic rings. The van der Waals surface area contributed by atoms with Crippen LogP contribution in [0.1, 0.15) is 45.4 Å². The maximum Gasteiger partial charge on any atom is 0.00816 e. The molecule has 0 spiro atoms. The fraction of sp³-hybridized carbons (Fsp3) is 0.846. The van der Waals surface area contributed by atoms with Crippen molar-refractivity contribution >= 4 is 0 Å². The van der Waals surface area contributed by atoms with Gasteiger partial charge in [0.15, 0.2) is 0 Å². The van der Waals surface area contributed by atoms with E-state index >= 15 is 0 Å². The van der Waals surface area contributed by atoms with Gasteiger partial charge in [-0.1, -0.05) is 12.5 Å². The number of unbranched alkanes of at least 4 members (excludes halogenated alkanes) is 3. The van der Waals surface area contributed by atoms with Crippen LogP contribution in [0.5, 0.6) is 0 Å². The van der Waals surface area contributed by atoms with Crippen LogP contribution in [0.4, 0.5) is 0 Å². The molecular weight excluding hydrogens is 184 g/mol. The first-order valence-electron chi connectivity index (χ1n) is 6.34. The molecule has 0 aromatic rings. The zero-order valence-electron chi connectivity index (χ0n) is 10.1. The molecule has 2 nitrogen and oxygen atoms in total. The molecular formula is C13H26N2. The van der Waals surface area contributed by atoms with Crippen LogP contribution in [-0.4, -0.2) is 30.1 Å². The molecule has 1 rings (SSSR count). The highest BCUT2D eigenvalue weighted by Gasteiger charge is 2.22. The molecule has 15 heavy (non-hydrogen) atoms. The van der Waals surface area contributed by atoms with Gasteiger partial charge < -0.3 is 10.6 Å². The molecule has 0 saturated carbocycles. The topological polar surface area (TPSA) is 29.3 Å². The van der Waals surface area contributed by atoms with Gasteiger partial charge in [-0.05, 0) is 52.1 Å². The first-order chi connectivity index (χ1) is 7.24. The van der Waals surface area contributed by atoms with Gasteiger partial charge >= 0.3 is 0 Å². The highest BCUT2D eigenvalue weighted by molar-refractivity contribution is 4.80. The number of allylic oxidation sites excluding steroid dienone is 1. The van der Waals surface area contributed by atoms with Crippen LogP contribution < -0.4 is 5.73 Å². The molecule has 0 aromatic heterocycles. The zero-order valence-corrected chi connectivity index (χ0v) is 10.1. The molecule has 1 saturated heterocycles. The molecule has 88 valence electrons. The highest BCUT2D eigenvalue weighted by atomic mass is 15.2. The number of nitrogens with two attached hydrogens (primary N) is 1. The Hall–Kier alpha value is -0.340. The molecule has 1 aliphatic heterocycles. The smallest absolute Gasteiger partial charge is 0.00816 e. The van der Waals surface area contributed by atoms with Crippen molar-refractivity contribution in [2.45, 2.75) is 57.5 Å². The minimum absolute atomic E-state index is 0.442. The van der Waals surface area contributed by atoms with Gasteiger partial charge in [-0.25, -0.2) is 0 Å². The number of hydrogen-bond acceptors (Lipinski definition) is 2. The van der Waals surface area contributed by atoms with Crippen molar-refractivity contribution in [2.24, 2.45) is 5.73 Å². The van der Waals surface area contributed by atoms with Crippen molar-refractivity contribution in [1.29, 1.82) is 0 Å². The fourth-order valence-corrected chi connectivity index (χ4v) is 2.37. The Morgan fingerprint density at radius 2 is 2.20 bits per heavy atom. The largest absolute Gasteiger partial charge is 0.328 e. The molecule has 2 N–H and O–H groups in total. The van der Waals surface area contributed by atoms with Crippen LogP contribution in [0.2, 0.25) is 0 Å². The molecule has 0 bridgehead atoms. The van der Waals surface area contributed by atoms with Crippen LogP contribution >= 0.6 is 0 Å². The molecule has 0 amide bonds. The lowest BCUT2D eigenvalue weighted by atomic mass is 9.99. The second-order valence-electron chi connectivity index (χ2n) is 4.81. The third-order valence-corrected chi connectivity index (χ3v) is 3.41. The Labute approximate surface area is 94.5 Å². The molecule has 0 aromatic carbocycles. The average molecular weight is 210 g/mol. The molecule has 1 fully saturated rings. The molecule has 2 heteroatoms. The summed E-state index contributed by atoms with van der Waals surface area (Å²) in [5.74, 6) is 0. The second-order valence-corrected chi connectivity index (χ2v) is 4.81. The monoisotopic (exact) mass is 210 g/mol.